The van der Waals surface area contributed by atoms with Gasteiger partial charge in [0.25, 0.3) is 0 Å². The second-order valence-electron chi connectivity index (χ2n) is 8.20. The lowest BCUT2D eigenvalue weighted by atomic mass is 9.61. The molecule has 0 spiro atoms. The lowest BCUT2D eigenvalue weighted by Crippen LogP contribution is -2.49. The van der Waals surface area contributed by atoms with Crippen LogP contribution in [0, 0.1) is 28.6 Å². The van der Waals surface area contributed by atoms with Crippen LogP contribution in [0.4, 0.5) is 0 Å². The smallest absolute Gasteiger partial charge is 0.228 e. The van der Waals surface area contributed by atoms with Crippen molar-refractivity contribution < 1.29 is 9.53 Å². The first-order valence-corrected chi connectivity index (χ1v) is 9.62. The minimum atomic E-state index is -0.446. The molecule has 146 valence electrons. The van der Waals surface area contributed by atoms with E-state index in [1.165, 1.54) is 6.20 Å². The van der Waals surface area contributed by atoms with Crippen LogP contribution in [0.25, 0.3) is 0 Å². The van der Waals surface area contributed by atoms with Crippen LogP contribution in [0.1, 0.15) is 37.8 Å². The highest BCUT2D eigenvalue weighted by molar-refractivity contribution is 5.82. The van der Waals surface area contributed by atoms with Crippen LogP contribution in [0.15, 0.2) is 24.8 Å². The lowest BCUT2D eigenvalue weighted by Gasteiger charge is -2.45. The van der Waals surface area contributed by atoms with E-state index in [2.05, 4.69) is 21.3 Å². The van der Waals surface area contributed by atoms with Gasteiger partial charge in [-0.15, -0.1) is 0 Å². The second kappa shape index (κ2) is 7.23. The van der Waals surface area contributed by atoms with Gasteiger partial charge in [-0.05, 0) is 24.7 Å². The minimum absolute atomic E-state index is 0.131. The number of nitriles is 1. The largest absolute Gasteiger partial charge is 0.490 e. The molecule has 2 aromatic rings. The Morgan fingerprint density at radius 1 is 1.32 bits per heavy atom. The fourth-order valence-electron chi connectivity index (χ4n) is 4.20. The molecule has 1 amide bonds. The van der Waals surface area contributed by atoms with E-state index in [0.29, 0.717) is 42.8 Å². The number of carbonyl (C=O) groups is 1. The first kappa shape index (κ1) is 18.4. The molecule has 0 aromatic carbocycles. The molecule has 1 aliphatic heterocycles. The molecule has 28 heavy (non-hydrogen) atoms. The van der Waals surface area contributed by atoms with Crippen LogP contribution in [-0.2, 0) is 17.9 Å². The molecular weight excluding hydrogens is 356 g/mol. The molecule has 0 N–H and O–H groups in total. The lowest BCUT2D eigenvalue weighted by molar-refractivity contribution is -0.147. The molecule has 0 saturated heterocycles. The molecule has 1 fully saturated rings. The zero-order valence-corrected chi connectivity index (χ0v) is 16.2. The van der Waals surface area contributed by atoms with E-state index in [4.69, 9.17) is 4.74 Å². The van der Waals surface area contributed by atoms with E-state index >= 15 is 0 Å². The summed E-state index contributed by atoms with van der Waals surface area (Å²) in [7, 11) is 0. The number of hydrogen-bond acceptors (Lipinski definition) is 6. The van der Waals surface area contributed by atoms with Crippen LogP contribution in [-0.4, -0.2) is 43.9 Å². The van der Waals surface area contributed by atoms with Crippen molar-refractivity contribution >= 4 is 5.91 Å². The van der Waals surface area contributed by atoms with E-state index in [1.54, 1.807) is 23.4 Å². The zero-order valence-electron chi connectivity index (χ0n) is 16.2. The zero-order chi connectivity index (χ0) is 19.7. The topological polar surface area (TPSA) is 96.9 Å². The third kappa shape index (κ3) is 3.33. The van der Waals surface area contributed by atoms with Gasteiger partial charge in [-0.2, -0.15) is 20.3 Å². The van der Waals surface area contributed by atoms with Crippen LogP contribution in [0.5, 0.6) is 5.75 Å². The Labute approximate surface area is 164 Å². The first-order valence-electron chi connectivity index (χ1n) is 9.62. The Balaban J connectivity index is 1.42. The Kier molecular flexibility index (Phi) is 4.75. The average molecular weight is 380 g/mol. The Hall–Kier alpha value is -2.95. The van der Waals surface area contributed by atoms with Crippen LogP contribution in [0.2, 0.25) is 0 Å². The van der Waals surface area contributed by atoms with E-state index in [0.717, 1.165) is 24.9 Å². The molecule has 1 aliphatic carbocycles. The van der Waals surface area contributed by atoms with Crippen molar-refractivity contribution in [2.45, 2.75) is 39.8 Å². The molecule has 0 unspecified atom stereocenters. The van der Waals surface area contributed by atoms with Crippen molar-refractivity contribution in [3.05, 3.63) is 35.9 Å². The molecule has 0 bridgehead atoms. The summed E-state index contributed by atoms with van der Waals surface area (Å²) >= 11 is 0. The summed E-state index contributed by atoms with van der Waals surface area (Å²) in [5, 5.41) is 17.6. The highest BCUT2D eigenvalue weighted by Crippen LogP contribution is 2.47. The predicted octanol–water partition coefficient (Wildman–Crippen LogP) is 2.02. The molecule has 4 rings (SSSR count). The van der Waals surface area contributed by atoms with E-state index < -0.39 is 5.41 Å². The number of pyridine rings is 1. The van der Waals surface area contributed by atoms with Crippen LogP contribution < -0.4 is 4.74 Å². The SMILES string of the molecule is CC(C)(C(=O)N1CCOc2c(C#N)cncc2C1)[C@H]1C[C@H](Cn2nccn2)C1. The summed E-state index contributed by atoms with van der Waals surface area (Å²) < 4.78 is 5.77. The van der Waals surface area contributed by atoms with Crippen molar-refractivity contribution in [3.8, 4) is 11.8 Å². The summed E-state index contributed by atoms with van der Waals surface area (Å²) in [5.74, 6) is 1.54. The predicted molar refractivity (Wildman–Crippen MR) is 99.9 cm³/mol. The standard InChI is InChI=1S/C20H24N6O2/c1-20(2,17-7-14(8-17)12-26-23-3-4-24-26)19(27)25-5-6-28-18-15(9-21)10-22-11-16(18)13-25/h3-4,10-11,14,17H,5-8,12-13H2,1-2H3/t14-,17-. The van der Waals surface area contributed by atoms with Gasteiger partial charge in [0.15, 0.2) is 0 Å². The molecule has 3 heterocycles. The van der Waals surface area contributed by atoms with Crippen molar-refractivity contribution in [2.75, 3.05) is 13.2 Å². The third-order valence-corrected chi connectivity index (χ3v) is 6.04. The quantitative estimate of drug-likeness (QED) is 0.805. The van der Waals surface area contributed by atoms with Crippen LogP contribution >= 0.6 is 0 Å². The van der Waals surface area contributed by atoms with Gasteiger partial charge >= 0.3 is 0 Å². The maximum Gasteiger partial charge on any atom is 0.228 e. The first-order chi connectivity index (χ1) is 13.5. The molecule has 1 saturated carbocycles. The third-order valence-electron chi connectivity index (χ3n) is 6.04. The van der Waals surface area contributed by atoms with E-state index in [1.807, 2.05) is 18.7 Å². The summed E-state index contributed by atoms with van der Waals surface area (Å²) in [6.07, 6.45) is 8.57. The van der Waals surface area contributed by atoms with Gasteiger partial charge in [0, 0.05) is 23.4 Å². The summed E-state index contributed by atoms with van der Waals surface area (Å²) in [6, 6.07) is 2.11. The molecule has 8 nitrogen and oxygen atoms in total. The van der Waals surface area contributed by atoms with Gasteiger partial charge in [0.1, 0.15) is 24.0 Å². The van der Waals surface area contributed by atoms with Crippen molar-refractivity contribution in [3.63, 3.8) is 0 Å². The highest BCUT2D eigenvalue weighted by atomic mass is 16.5. The van der Waals surface area contributed by atoms with Gasteiger partial charge in [0.2, 0.25) is 5.91 Å². The number of nitrogens with zero attached hydrogens (tertiary/aromatic N) is 6. The van der Waals surface area contributed by atoms with Gasteiger partial charge in [-0.1, -0.05) is 13.8 Å². The number of rotatable bonds is 4. The second-order valence-corrected chi connectivity index (χ2v) is 8.20. The normalized spacial score (nSPS) is 21.7. The molecule has 2 aromatic heterocycles. The summed E-state index contributed by atoms with van der Waals surface area (Å²) in [6.45, 7) is 6.20. The number of hydrogen-bond donors (Lipinski definition) is 0. The number of amides is 1. The maximum absolute atomic E-state index is 13.3. The number of fused-ring (bicyclic) bond motifs is 1. The van der Waals surface area contributed by atoms with E-state index in [9.17, 15) is 10.1 Å². The van der Waals surface area contributed by atoms with Crippen molar-refractivity contribution in [2.24, 2.45) is 17.3 Å². The van der Waals surface area contributed by atoms with Gasteiger partial charge < -0.3 is 9.64 Å². The van der Waals surface area contributed by atoms with Crippen LogP contribution in [0.3, 0.4) is 0 Å². The van der Waals surface area contributed by atoms with Crippen molar-refractivity contribution in [1.82, 2.24) is 24.9 Å². The minimum Gasteiger partial charge on any atom is -0.490 e. The number of aromatic nitrogens is 4. The van der Waals surface area contributed by atoms with Gasteiger partial charge in [0.05, 0.1) is 32.0 Å². The maximum atomic E-state index is 13.3. The fourth-order valence-corrected chi connectivity index (χ4v) is 4.20. The van der Waals surface area contributed by atoms with Gasteiger partial charge in [-0.25, -0.2) is 0 Å². The van der Waals surface area contributed by atoms with E-state index in [-0.39, 0.29) is 5.91 Å². The Bertz CT molecular complexity index is 896. The molecule has 0 radical (unpaired) electrons. The van der Waals surface area contributed by atoms with Crippen molar-refractivity contribution in [1.29, 1.82) is 5.26 Å². The summed E-state index contributed by atoms with van der Waals surface area (Å²) in [4.78, 5) is 21.0. The molecule has 2 aliphatic rings. The molecule has 8 heteroatoms. The van der Waals surface area contributed by atoms with Gasteiger partial charge in [-0.3, -0.25) is 9.78 Å². The monoisotopic (exact) mass is 380 g/mol. The Morgan fingerprint density at radius 2 is 2.07 bits per heavy atom. The number of ether oxygens (including phenoxy) is 1. The average Bonchev–Trinajstić information content (AvgIpc) is 3.07. The summed E-state index contributed by atoms with van der Waals surface area (Å²) in [5.41, 5.74) is 0.760. The molecule has 0 atom stereocenters. The number of carbonyl (C=O) groups excluding carboxylic acids is 1. The molecular formula is C20H24N6O2. The fraction of sp³-hybridized carbons (Fsp3) is 0.550. The Morgan fingerprint density at radius 3 is 2.79 bits per heavy atom. The highest BCUT2D eigenvalue weighted by Gasteiger charge is 2.46.